The van der Waals surface area contributed by atoms with Crippen molar-refractivity contribution in [3.8, 4) is 5.69 Å². The number of amides is 1. The zero-order valence-corrected chi connectivity index (χ0v) is 21.4. The zero-order valence-electron chi connectivity index (χ0n) is 19.8. The second-order valence-corrected chi connectivity index (χ2v) is 11.3. The van der Waals surface area contributed by atoms with Crippen LogP contribution in [-0.2, 0) is 22.4 Å². The molecule has 0 spiro atoms. The lowest BCUT2D eigenvalue weighted by Crippen LogP contribution is -2.33. The van der Waals surface area contributed by atoms with Gasteiger partial charge < -0.3 is 10.1 Å². The van der Waals surface area contributed by atoms with E-state index in [2.05, 4.69) is 11.4 Å². The van der Waals surface area contributed by atoms with Crippen molar-refractivity contribution in [2.24, 2.45) is 0 Å². The summed E-state index contributed by atoms with van der Waals surface area (Å²) in [5, 5.41) is 4.32. The summed E-state index contributed by atoms with van der Waals surface area (Å²) < 4.78 is 7.33. The van der Waals surface area contributed by atoms with Crippen molar-refractivity contribution in [2.75, 3.05) is 18.9 Å². The van der Waals surface area contributed by atoms with Crippen LogP contribution in [-0.4, -0.2) is 40.5 Å². The van der Waals surface area contributed by atoms with Gasteiger partial charge in [0.15, 0.2) is 5.16 Å². The van der Waals surface area contributed by atoms with Crippen LogP contribution in [0.25, 0.3) is 15.9 Å². The summed E-state index contributed by atoms with van der Waals surface area (Å²) in [4.78, 5) is 33.6. The van der Waals surface area contributed by atoms with E-state index in [-0.39, 0.29) is 23.3 Å². The molecule has 2 aromatic heterocycles. The van der Waals surface area contributed by atoms with E-state index < -0.39 is 0 Å². The molecular weight excluding hydrogens is 466 g/mol. The third-order valence-electron chi connectivity index (χ3n) is 6.68. The number of nitrogens with zero attached hydrogens (tertiary/aromatic N) is 2. The molecule has 8 heteroatoms. The SMILES string of the molecule is Cc1ccc(-n2c(SCC(=O)NC[C@@H]3CCCO3)nc3sc4c(c3c2=O)CCCCC4)c(C)c1. The standard InChI is InChI=1S/C26H31N3O3S2/c1-16-10-11-20(17(2)13-16)29-25(31)23-19-8-4-3-5-9-21(19)34-24(23)28-26(29)33-15-22(30)27-14-18-7-6-12-32-18/h10-11,13,18H,3-9,12,14-15H2,1-2H3,(H,27,30)/t18-/m0/s1. The van der Waals surface area contributed by atoms with E-state index in [1.807, 2.05) is 26.0 Å². The summed E-state index contributed by atoms with van der Waals surface area (Å²) in [5.41, 5.74) is 4.18. The minimum atomic E-state index is -0.0658. The monoisotopic (exact) mass is 497 g/mol. The lowest BCUT2D eigenvalue weighted by atomic mass is 10.1. The summed E-state index contributed by atoms with van der Waals surface area (Å²) >= 11 is 2.99. The van der Waals surface area contributed by atoms with Crippen molar-refractivity contribution in [3.05, 3.63) is 50.1 Å². The molecule has 1 amide bonds. The van der Waals surface area contributed by atoms with Crippen LogP contribution in [0.5, 0.6) is 0 Å². The molecule has 0 bridgehead atoms. The first kappa shape index (κ1) is 23.6. The lowest BCUT2D eigenvalue weighted by molar-refractivity contribution is -0.119. The number of aromatic nitrogens is 2. The highest BCUT2D eigenvalue weighted by Crippen LogP contribution is 2.35. The molecule has 1 fully saturated rings. The Labute approximate surface area is 208 Å². The molecular formula is C26H31N3O3S2. The summed E-state index contributed by atoms with van der Waals surface area (Å²) in [6, 6.07) is 6.10. The van der Waals surface area contributed by atoms with Crippen LogP contribution in [0, 0.1) is 13.8 Å². The molecule has 34 heavy (non-hydrogen) atoms. The van der Waals surface area contributed by atoms with Crippen molar-refractivity contribution in [1.82, 2.24) is 14.9 Å². The van der Waals surface area contributed by atoms with E-state index in [9.17, 15) is 9.59 Å². The Morgan fingerprint density at radius 3 is 2.88 bits per heavy atom. The van der Waals surface area contributed by atoms with Crippen molar-refractivity contribution in [1.29, 1.82) is 0 Å². The van der Waals surface area contributed by atoms with Gasteiger partial charge in [-0.3, -0.25) is 14.2 Å². The van der Waals surface area contributed by atoms with Gasteiger partial charge in [-0.1, -0.05) is 35.9 Å². The Balaban J connectivity index is 1.51. The topological polar surface area (TPSA) is 73.2 Å². The van der Waals surface area contributed by atoms with Crippen LogP contribution in [0.4, 0.5) is 0 Å². The van der Waals surface area contributed by atoms with Crippen molar-refractivity contribution in [2.45, 2.75) is 70.1 Å². The molecule has 5 rings (SSSR count). The van der Waals surface area contributed by atoms with Gasteiger partial charge >= 0.3 is 0 Å². The minimum absolute atomic E-state index is 0.0152. The molecule has 0 saturated carbocycles. The highest BCUT2D eigenvalue weighted by atomic mass is 32.2. The molecule has 1 atom stereocenters. The molecule has 2 aliphatic rings. The van der Waals surface area contributed by atoms with Crippen LogP contribution in [0.1, 0.15) is 53.7 Å². The Hall–Kier alpha value is -2.16. The van der Waals surface area contributed by atoms with E-state index in [4.69, 9.17) is 9.72 Å². The predicted molar refractivity (Wildman–Crippen MR) is 139 cm³/mol. The first-order valence-electron chi connectivity index (χ1n) is 12.2. The van der Waals surface area contributed by atoms with Crippen LogP contribution in [0.3, 0.4) is 0 Å². The van der Waals surface area contributed by atoms with E-state index >= 15 is 0 Å². The lowest BCUT2D eigenvalue weighted by Gasteiger charge is -2.15. The number of hydrogen-bond donors (Lipinski definition) is 1. The third kappa shape index (κ3) is 4.81. The quantitative estimate of drug-likeness (QED) is 0.303. The van der Waals surface area contributed by atoms with Gasteiger partial charge in [-0.15, -0.1) is 11.3 Å². The van der Waals surface area contributed by atoms with Crippen molar-refractivity contribution >= 4 is 39.2 Å². The molecule has 1 aromatic carbocycles. The molecule has 3 heterocycles. The van der Waals surface area contributed by atoms with Crippen LogP contribution in [0.15, 0.2) is 28.2 Å². The van der Waals surface area contributed by atoms with Gasteiger partial charge in [0.05, 0.1) is 22.9 Å². The van der Waals surface area contributed by atoms with Crippen LogP contribution >= 0.6 is 23.1 Å². The molecule has 3 aromatic rings. The normalized spacial score (nSPS) is 18.1. The summed E-state index contributed by atoms with van der Waals surface area (Å²) in [5.74, 6) is 0.143. The van der Waals surface area contributed by atoms with Gasteiger partial charge in [0.1, 0.15) is 4.83 Å². The van der Waals surface area contributed by atoms with Crippen LogP contribution in [0.2, 0.25) is 0 Å². The number of carbonyl (C=O) groups is 1. The number of benzene rings is 1. The maximum atomic E-state index is 14.0. The van der Waals surface area contributed by atoms with Crippen molar-refractivity contribution < 1.29 is 9.53 Å². The highest BCUT2D eigenvalue weighted by molar-refractivity contribution is 7.99. The molecule has 0 unspecified atom stereocenters. The summed E-state index contributed by atoms with van der Waals surface area (Å²) in [6.45, 7) is 5.38. The molecule has 1 aliphatic heterocycles. The number of fused-ring (bicyclic) bond motifs is 3. The van der Waals surface area contributed by atoms with Crippen LogP contribution < -0.4 is 10.9 Å². The zero-order chi connectivity index (χ0) is 23.7. The van der Waals surface area contributed by atoms with Gasteiger partial charge in [-0.25, -0.2) is 4.98 Å². The predicted octanol–water partition coefficient (Wildman–Crippen LogP) is 4.72. The average Bonchev–Trinajstić information content (AvgIpc) is 3.39. The van der Waals surface area contributed by atoms with Gasteiger partial charge in [0.25, 0.3) is 5.56 Å². The third-order valence-corrected chi connectivity index (χ3v) is 8.81. The first-order chi connectivity index (χ1) is 16.5. The van der Waals surface area contributed by atoms with Gasteiger partial charge in [-0.2, -0.15) is 0 Å². The fourth-order valence-corrected chi connectivity index (χ4v) is 7.08. The molecule has 0 radical (unpaired) electrons. The molecule has 6 nitrogen and oxygen atoms in total. The highest BCUT2D eigenvalue weighted by Gasteiger charge is 2.23. The largest absolute Gasteiger partial charge is 0.376 e. The van der Waals surface area contributed by atoms with E-state index in [1.165, 1.54) is 28.6 Å². The van der Waals surface area contributed by atoms with Crippen molar-refractivity contribution in [3.63, 3.8) is 0 Å². The molecule has 1 saturated heterocycles. The number of aryl methyl sites for hydroxylation is 4. The van der Waals surface area contributed by atoms with Gasteiger partial charge in [0.2, 0.25) is 5.91 Å². The maximum absolute atomic E-state index is 14.0. The maximum Gasteiger partial charge on any atom is 0.267 e. The summed E-state index contributed by atoms with van der Waals surface area (Å²) in [7, 11) is 0. The Morgan fingerprint density at radius 1 is 1.24 bits per heavy atom. The second kappa shape index (κ2) is 10.2. The van der Waals surface area contributed by atoms with Gasteiger partial charge in [-0.05, 0) is 69.6 Å². The number of nitrogens with one attached hydrogen (secondary N) is 1. The number of hydrogen-bond acceptors (Lipinski definition) is 6. The number of ether oxygens (including phenoxy) is 1. The fraction of sp³-hybridized carbons (Fsp3) is 0.500. The number of thiophene rings is 1. The Morgan fingerprint density at radius 2 is 2.09 bits per heavy atom. The smallest absolute Gasteiger partial charge is 0.267 e. The molecule has 180 valence electrons. The fourth-order valence-electron chi connectivity index (χ4n) is 4.94. The minimum Gasteiger partial charge on any atom is -0.376 e. The Kier molecular flexibility index (Phi) is 7.09. The second-order valence-electron chi connectivity index (χ2n) is 9.30. The van der Waals surface area contributed by atoms with E-state index in [0.717, 1.165) is 72.2 Å². The average molecular weight is 498 g/mol. The Bertz CT molecular complexity index is 1270. The first-order valence-corrected chi connectivity index (χ1v) is 14.0. The molecule has 1 aliphatic carbocycles. The van der Waals surface area contributed by atoms with E-state index in [0.29, 0.717) is 11.7 Å². The van der Waals surface area contributed by atoms with E-state index in [1.54, 1.807) is 15.9 Å². The number of thioether (sulfide) groups is 1. The number of rotatable bonds is 6. The molecule has 1 N–H and O–H groups in total. The number of carbonyl (C=O) groups excluding carboxylic acids is 1. The van der Waals surface area contributed by atoms with Gasteiger partial charge in [0, 0.05) is 18.0 Å². The summed E-state index contributed by atoms with van der Waals surface area (Å²) in [6.07, 6.45) is 7.59.